The van der Waals surface area contributed by atoms with Gasteiger partial charge in [0, 0.05) is 42.8 Å². The van der Waals surface area contributed by atoms with E-state index in [0.717, 1.165) is 28.2 Å². The van der Waals surface area contributed by atoms with Crippen molar-refractivity contribution in [3.63, 3.8) is 0 Å². The van der Waals surface area contributed by atoms with Gasteiger partial charge in [0.15, 0.2) is 0 Å². The van der Waals surface area contributed by atoms with E-state index in [1.807, 2.05) is 16.8 Å². The van der Waals surface area contributed by atoms with Gasteiger partial charge in [-0.25, -0.2) is 9.37 Å². The maximum atomic E-state index is 13.1. The highest BCUT2D eigenvalue weighted by Gasteiger charge is 2.13. The fraction of sp³-hybridized carbons (Fsp3) is 0.167. The number of pyridine rings is 1. The highest BCUT2D eigenvalue weighted by molar-refractivity contribution is 5.69. The molecule has 0 fully saturated rings. The molecule has 3 aromatic rings. The normalized spacial score (nSPS) is 10.8. The summed E-state index contributed by atoms with van der Waals surface area (Å²) in [5.41, 5.74) is 9.27. The average Bonchev–Trinajstić information content (AvgIpc) is 3.08. The Morgan fingerprint density at radius 2 is 2.00 bits per heavy atom. The largest absolute Gasteiger partial charge is 0.329 e. The summed E-state index contributed by atoms with van der Waals surface area (Å²) >= 11 is 0. The Bertz CT molecular complexity index is 839. The van der Waals surface area contributed by atoms with Crippen LogP contribution in [0.5, 0.6) is 0 Å². The molecule has 2 aromatic heterocycles. The predicted molar refractivity (Wildman–Crippen MR) is 93.2 cm³/mol. The van der Waals surface area contributed by atoms with Crippen LogP contribution in [0.25, 0.3) is 22.6 Å². The van der Waals surface area contributed by atoms with Crippen molar-refractivity contribution in [2.45, 2.75) is 13.1 Å². The van der Waals surface area contributed by atoms with E-state index >= 15 is 0 Å². The molecule has 2 N–H and O–H groups in total. The number of halogens is 1. The Labute approximate surface area is 139 Å². The Kier molecular flexibility index (Phi) is 4.77. The van der Waals surface area contributed by atoms with E-state index in [2.05, 4.69) is 21.7 Å². The molecule has 0 aliphatic carbocycles. The molecular formula is C18H18FN5. The maximum Gasteiger partial charge on any atom is 0.140 e. The van der Waals surface area contributed by atoms with Gasteiger partial charge < -0.3 is 10.3 Å². The van der Waals surface area contributed by atoms with Crippen molar-refractivity contribution in [1.29, 1.82) is 0 Å². The van der Waals surface area contributed by atoms with E-state index in [0.29, 0.717) is 19.6 Å². The van der Waals surface area contributed by atoms with Crippen molar-refractivity contribution in [1.82, 2.24) is 14.5 Å². The van der Waals surface area contributed by atoms with Crippen LogP contribution >= 0.6 is 0 Å². The minimum Gasteiger partial charge on any atom is -0.329 e. The van der Waals surface area contributed by atoms with Crippen LogP contribution in [-0.4, -0.2) is 27.8 Å². The Morgan fingerprint density at radius 1 is 1.21 bits per heavy atom. The first kappa shape index (κ1) is 16.0. The molecule has 24 heavy (non-hydrogen) atoms. The van der Waals surface area contributed by atoms with Crippen LogP contribution in [0.1, 0.15) is 5.56 Å². The standard InChI is InChI=1S/C18H18FN5/c1-21-6-8-24-9-7-22-18(24)16-10-17(23-12-14(16)11-20)13-2-4-15(19)5-3-13/h2-5,7,9-10,12H,1,6,8,11,20H2. The molecule has 0 aliphatic rings. The first-order chi connectivity index (χ1) is 11.7. The SMILES string of the molecule is C=NCCn1ccnc1-c1cc(-c2ccc(F)cc2)ncc1CN. The topological polar surface area (TPSA) is 69.1 Å². The van der Waals surface area contributed by atoms with Gasteiger partial charge in [-0.1, -0.05) is 0 Å². The molecule has 122 valence electrons. The van der Waals surface area contributed by atoms with E-state index in [1.165, 1.54) is 12.1 Å². The Morgan fingerprint density at radius 3 is 2.71 bits per heavy atom. The number of nitrogens with zero attached hydrogens (tertiary/aromatic N) is 4. The first-order valence-electron chi connectivity index (χ1n) is 7.62. The van der Waals surface area contributed by atoms with Crippen LogP contribution in [0.2, 0.25) is 0 Å². The van der Waals surface area contributed by atoms with E-state index in [4.69, 9.17) is 5.73 Å². The second-order valence-electron chi connectivity index (χ2n) is 5.33. The first-order valence-corrected chi connectivity index (χ1v) is 7.62. The zero-order chi connectivity index (χ0) is 16.9. The minimum atomic E-state index is -0.273. The van der Waals surface area contributed by atoms with Gasteiger partial charge in [0.2, 0.25) is 0 Å². The molecule has 0 unspecified atom stereocenters. The fourth-order valence-electron chi connectivity index (χ4n) is 2.55. The molecule has 2 heterocycles. The molecule has 3 rings (SSSR count). The molecule has 0 amide bonds. The molecule has 0 atom stereocenters. The molecule has 6 heteroatoms. The van der Waals surface area contributed by atoms with Crippen LogP contribution < -0.4 is 5.73 Å². The summed E-state index contributed by atoms with van der Waals surface area (Å²) in [7, 11) is 0. The number of aliphatic imine (C=N–C) groups is 1. The number of benzene rings is 1. The van der Waals surface area contributed by atoms with Crippen LogP contribution in [0, 0.1) is 5.82 Å². The van der Waals surface area contributed by atoms with Gasteiger partial charge in [0.1, 0.15) is 11.6 Å². The van der Waals surface area contributed by atoms with Crippen molar-refractivity contribution in [3.05, 3.63) is 60.3 Å². The third-order valence-electron chi connectivity index (χ3n) is 3.80. The minimum absolute atomic E-state index is 0.273. The molecule has 0 saturated heterocycles. The molecule has 0 radical (unpaired) electrons. The van der Waals surface area contributed by atoms with Crippen LogP contribution in [0.4, 0.5) is 4.39 Å². The predicted octanol–water partition coefficient (Wildman–Crippen LogP) is 2.91. The summed E-state index contributed by atoms with van der Waals surface area (Å²) in [4.78, 5) is 12.8. The lowest BCUT2D eigenvalue weighted by Gasteiger charge is -2.12. The van der Waals surface area contributed by atoms with Crippen molar-refractivity contribution < 1.29 is 4.39 Å². The van der Waals surface area contributed by atoms with Crippen LogP contribution in [0.15, 0.2) is 53.9 Å². The molecular weight excluding hydrogens is 305 g/mol. The Balaban J connectivity index is 2.06. The summed E-state index contributed by atoms with van der Waals surface area (Å²) in [5.74, 6) is 0.537. The monoisotopic (exact) mass is 323 g/mol. The van der Waals surface area contributed by atoms with Gasteiger partial charge in [-0.15, -0.1) is 0 Å². The highest BCUT2D eigenvalue weighted by atomic mass is 19.1. The van der Waals surface area contributed by atoms with Gasteiger partial charge in [0.05, 0.1) is 12.2 Å². The van der Waals surface area contributed by atoms with Crippen molar-refractivity contribution in [2.75, 3.05) is 6.54 Å². The number of hydrogen-bond acceptors (Lipinski definition) is 4. The lowest BCUT2D eigenvalue weighted by molar-refractivity contribution is 0.628. The number of rotatable bonds is 6. The van der Waals surface area contributed by atoms with E-state index in [-0.39, 0.29) is 5.82 Å². The number of aromatic nitrogens is 3. The third kappa shape index (κ3) is 3.23. The van der Waals surface area contributed by atoms with Gasteiger partial charge in [-0.05, 0) is 42.6 Å². The second-order valence-corrected chi connectivity index (χ2v) is 5.33. The van der Waals surface area contributed by atoms with Gasteiger partial charge in [-0.2, -0.15) is 0 Å². The lowest BCUT2D eigenvalue weighted by Crippen LogP contribution is -2.06. The Hall–Kier alpha value is -2.86. The van der Waals surface area contributed by atoms with Crippen LogP contribution in [-0.2, 0) is 13.1 Å². The van der Waals surface area contributed by atoms with Crippen molar-refractivity contribution >= 4 is 6.72 Å². The molecule has 1 aromatic carbocycles. The number of hydrogen-bond donors (Lipinski definition) is 1. The smallest absolute Gasteiger partial charge is 0.140 e. The zero-order valence-electron chi connectivity index (χ0n) is 13.2. The van der Waals surface area contributed by atoms with E-state index < -0.39 is 0 Å². The quantitative estimate of drug-likeness (QED) is 0.709. The van der Waals surface area contributed by atoms with Crippen molar-refractivity contribution in [3.8, 4) is 22.6 Å². The number of nitrogens with two attached hydrogens (primary N) is 1. The average molecular weight is 323 g/mol. The lowest BCUT2D eigenvalue weighted by atomic mass is 10.0. The van der Waals surface area contributed by atoms with Crippen molar-refractivity contribution in [2.24, 2.45) is 10.7 Å². The third-order valence-corrected chi connectivity index (χ3v) is 3.80. The van der Waals surface area contributed by atoms with Gasteiger partial charge in [-0.3, -0.25) is 9.98 Å². The molecule has 0 bridgehead atoms. The molecule has 0 aliphatic heterocycles. The molecule has 0 spiro atoms. The molecule has 0 saturated carbocycles. The van der Waals surface area contributed by atoms with E-state index in [9.17, 15) is 4.39 Å². The summed E-state index contributed by atoms with van der Waals surface area (Å²) in [6.45, 7) is 5.17. The summed E-state index contributed by atoms with van der Waals surface area (Å²) in [6, 6.07) is 8.19. The maximum absolute atomic E-state index is 13.1. The van der Waals surface area contributed by atoms with Gasteiger partial charge >= 0.3 is 0 Å². The zero-order valence-corrected chi connectivity index (χ0v) is 13.2. The van der Waals surface area contributed by atoms with Crippen LogP contribution in [0.3, 0.4) is 0 Å². The second kappa shape index (κ2) is 7.14. The summed E-state index contributed by atoms with van der Waals surface area (Å²) in [6.07, 6.45) is 5.40. The summed E-state index contributed by atoms with van der Waals surface area (Å²) < 4.78 is 15.1. The van der Waals surface area contributed by atoms with E-state index in [1.54, 1.807) is 24.5 Å². The summed E-state index contributed by atoms with van der Waals surface area (Å²) in [5, 5.41) is 0. The highest BCUT2D eigenvalue weighted by Crippen LogP contribution is 2.27. The number of imidazole rings is 1. The fourth-order valence-corrected chi connectivity index (χ4v) is 2.55. The molecule has 5 nitrogen and oxygen atoms in total. The van der Waals surface area contributed by atoms with Gasteiger partial charge in [0.25, 0.3) is 0 Å².